The summed E-state index contributed by atoms with van der Waals surface area (Å²) in [6.45, 7) is 1.59. The number of benzene rings is 1. The number of aliphatic hydroxyl groups excluding tert-OH is 3. The average Bonchev–Trinajstić information content (AvgIpc) is 3.57. The van der Waals surface area contributed by atoms with Crippen molar-refractivity contribution in [3.05, 3.63) is 47.3 Å². The first kappa shape index (κ1) is 24.4. The minimum atomic E-state index is -1.26. The van der Waals surface area contributed by atoms with Crippen molar-refractivity contribution in [2.75, 3.05) is 17.7 Å². The molecule has 1 aromatic carbocycles. The van der Waals surface area contributed by atoms with E-state index in [0.717, 1.165) is 21.3 Å². The van der Waals surface area contributed by atoms with E-state index in [2.05, 4.69) is 20.3 Å². The highest BCUT2D eigenvalue weighted by molar-refractivity contribution is 8.01. The molecular weight excluding hydrogens is 512 g/mol. The number of aliphatic hydroxyl groups is 3. The van der Waals surface area contributed by atoms with E-state index in [1.54, 1.807) is 23.1 Å². The Morgan fingerprint density at radius 1 is 1.20 bits per heavy atom. The number of hydrogen-bond donors (Lipinski definition) is 4. The molecule has 2 unspecified atom stereocenters. The summed E-state index contributed by atoms with van der Waals surface area (Å²) in [7, 11) is 0. The van der Waals surface area contributed by atoms with Crippen LogP contribution in [0.2, 0.25) is 5.28 Å². The van der Waals surface area contributed by atoms with E-state index in [-0.39, 0.29) is 11.3 Å². The monoisotopic (exact) mass is 534 g/mol. The van der Waals surface area contributed by atoms with E-state index in [4.69, 9.17) is 21.3 Å². The molecule has 0 spiro atoms. The number of thioether (sulfide) groups is 1. The van der Waals surface area contributed by atoms with E-state index in [9.17, 15) is 15.3 Å². The summed E-state index contributed by atoms with van der Waals surface area (Å²) < 4.78 is 8.06. The van der Waals surface area contributed by atoms with Gasteiger partial charge in [-0.15, -0.1) is 11.3 Å². The van der Waals surface area contributed by atoms with Crippen LogP contribution < -0.4 is 5.32 Å². The van der Waals surface area contributed by atoms with Crippen LogP contribution in [0.1, 0.15) is 13.2 Å². The molecule has 4 aromatic rings. The van der Waals surface area contributed by atoms with Crippen molar-refractivity contribution < 1.29 is 20.1 Å². The standard InChI is InChI=1S/C22H23ClN6O4S2/c1-11(8-34-22-26-13(9-35-22)12-5-3-2-4-6-12)25-18-15-19(28-21(23)27-18)29(10-24-15)20-17(32)16(31)14(7-30)33-20/h2-6,9-11,14,16-17,20,30-32H,7-8H2,1H3,(H,25,27,28)/t11-,14-,16?,17?,20-/m1/s1. The van der Waals surface area contributed by atoms with Gasteiger partial charge in [0.2, 0.25) is 5.28 Å². The highest BCUT2D eigenvalue weighted by Gasteiger charge is 2.44. The zero-order chi connectivity index (χ0) is 24.5. The Balaban J connectivity index is 1.29. The number of nitrogens with zero attached hydrogens (tertiary/aromatic N) is 5. The van der Waals surface area contributed by atoms with Crippen LogP contribution in [-0.2, 0) is 4.74 Å². The molecule has 1 saturated heterocycles. The Bertz CT molecular complexity index is 1310. The molecule has 0 saturated carbocycles. The number of thiazole rings is 1. The van der Waals surface area contributed by atoms with Crippen LogP contribution in [0.25, 0.3) is 22.4 Å². The number of nitrogens with one attached hydrogen (secondary N) is 1. The Morgan fingerprint density at radius 2 is 2.00 bits per heavy atom. The lowest BCUT2D eigenvalue weighted by molar-refractivity contribution is -0.0511. The fourth-order valence-corrected chi connectivity index (χ4v) is 5.80. The minimum Gasteiger partial charge on any atom is -0.394 e. The SMILES string of the molecule is C[C@H](CSc1nc(-c2ccccc2)cs1)Nc1nc(Cl)nc2c1ncn2[C@@H]1O[C@H](CO)C(O)C1O. The average molecular weight is 535 g/mol. The third kappa shape index (κ3) is 5.00. The minimum absolute atomic E-state index is 0.000716. The molecule has 4 heterocycles. The molecule has 13 heteroatoms. The summed E-state index contributed by atoms with van der Waals surface area (Å²) >= 11 is 9.43. The fraction of sp³-hybridized carbons (Fsp3) is 0.364. The normalized spacial score (nSPS) is 23.1. The van der Waals surface area contributed by atoms with Gasteiger partial charge in [-0.2, -0.15) is 9.97 Å². The smallest absolute Gasteiger partial charge is 0.226 e. The second kappa shape index (κ2) is 10.3. The second-order valence-corrected chi connectivity index (χ2v) is 10.6. The maximum Gasteiger partial charge on any atom is 0.226 e. The first-order valence-corrected chi connectivity index (χ1v) is 13.1. The first-order valence-electron chi connectivity index (χ1n) is 10.9. The van der Waals surface area contributed by atoms with Crippen molar-refractivity contribution in [3.63, 3.8) is 0 Å². The van der Waals surface area contributed by atoms with Crippen LogP contribution >= 0.6 is 34.7 Å². The summed E-state index contributed by atoms with van der Waals surface area (Å²) in [6, 6.07) is 10.0. The lowest BCUT2D eigenvalue weighted by atomic mass is 10.1. The molecule has 5 atom stereocenters. The predicted octanol–water partition coefficient (Wildman–Crippen LogP) is 2.81. The Morgan fingerprint density at radius 3 is 2.74 bits per heavy atom. The highest BCUT2D eigenvalue weighted by atomic mass is 35.5. The molecular formula is C22H23ClN6O4S2. The lowest BCUT2D eigenvalue weighted by Gasteiger charge is -2.17. The van der Waals surface area contributed by atoms with E-state index in [1.165, 1.54) is 10.9 Å². The second-order valence-electron chi connectivity index (χ2n) is 8.12. The summed E-state index contributed by atoms with van der Waals surface area (Å²) in [4.78, 5) is 17.6. The van der Waals surface area contributed by atoms with Crippen molar-refractivity contribution in [1.29, 1.82) is 0 Å². The topological polar surface area (TPSA) is 138 Å². The molecule has 35 heavy (non-hydrogen) atoms. The molecule has 184 valence electrons. The molecule has 0 bridgehead atoms. The van der Waals surface area contributed by atoms with Gasteiger partial charge in [-0.25, -0.2) is 9.97 Å². The van der Waals surface area contributed by atoms with Crippen molar-refractivity contribution in [1.82, 2.24) is 24.5 Å². The number of rotatable bonds is 8. The van der Waals surface area contributed by atoms with Gasteiger partial charge in [0.25, 0.3) is 0 Å². The maximum atomic E-state index is 10.4. The molecule has 0 aliphatic carbocycles. The van der Waals surface area contributed by atoms with Gasteiger partial charge >= 0.3 is 0 Å². The van der Waals surface area contributed by atoms with E-state index >= 15 is 0 Å². The third-order valence-electron chi connectivity index (χ3n) is 5.58. The van der Waals surface area contributed by atoms with Crippen LogP contribution in [0.4, 0.5) is 5.82 Å². The van der Waals surface area contributed by atoms with Crippen LogP contribution in [0.15, 0.2) is 46.4 Å². The first-order chi connectivity index (χ1) is 16.9. The zero-order valence-electron chi connectivity index (χ0n) is 18.5. The van der Waals surface area contributed by atoms with Gasteiger partial charge in [-0.05, 0) is 18.5 Å². The van der Waals surface area contributed by atoms with E-state index < -0.39 is 31.1 Å². The fourth-order valence-electron chi connectivity index (χ4n) is 3.82. The molecule has 0 radical (unpaired) electrons. The van der Waals surface area contributed by atoms with Crippen LogP contribution in [0, 0.1) is 0 Å². The Kier molecular flexibility index (Phi) is 7.21. The lowest BCUT2D eigenvalue weighted by Crippen LogP contribution is -2.33. The number of imidazole rings is 1. The number of hydrogen-bond acceptors (Lipinski definition) is 11. The maximum absolute atomic E-state index is 10.4. The molecule has 3 aromatic heterocycles. The molecule has 1 fully saturated rings. The third-order valence-corrected chi connectivity index (χ3v) is 8.03. The van der Waals surface area contributed by atoms with Gasteiger partial charge in [0, 0.05) is 22.7 Å². The van der Waals surface area contributed by atoms with E-state index in [0.29, 0.717) is 17.0 Å². The van der Waals surface area contributed by atoms with Gasteiger partial charge in [0.15, 0.2) is 27.5 Å². The van der Waals surface area contributed by atoms with Crippen molar-refractivity contribution in [3.8, 4) is 11.3 Å². The van der Waals surface area contributed by atoms with Crippen molar-refractivity contribution in [2.45, 2.75) is 41.8 Å². The number of halogens is 1. The summed E-state index contributed by atoms with van der Waals surface area (Å²) in [6.07, 6.45) is -2.93. The number of aromatic nitrogens is 5. The number of anilines is 1. The number of ether oxygens (including phenoxy) is 1. The molecule has 5 rings (SSSR count). The van der Waals surface area contributed by atoms with Crippen LogP contribution in [0.5, 0.6) is 0 Å². The zero-order valence-corrected chi connectivity index (χ0v) is 20.9. The van der Waals surface area contributed by atoms with Gasteiger partial charge in [-0.1, -0.05) is 42.1 Å². The van der Waals surface area contributed by atoms with Crippen LogP contribution in [0.3, 0.4) is 0 Å². The van der Waals surface area contributed by atoms with Crippen LogP contribution in [-0.4, -0.2) is 76.5 Å². The van der Waals surface area contributed by atoms with Crippen molar-refractivity contribution in [2.24, 2.45) is 0 Å². The summed E-state index contributed by atoms with van der Waals surface area (Å²) in [5.74, 6) is 1.17. The Hall–Kier alpha value is -2.32. The van der Waals surface area contributed by atoms with Gasteiger partial charge in [0.05, 0.1) is 18.6 Å². The predicted molar refractivity (Wildman–Crippen MR) is 135 cm³/mol. The summed E-state index contributed by atoms with van der Waals surface area (Å²) in [5.41, 5.74) is 2.84. The largest absolute Gasteiger partial charge is 0.394 e. The highest BCUT2D eigenvalue weighted by Crippen LogP contribution is 2.33. The molecule has 1 aliphatic heterocycles. The van der Waals surface area contributed by atoms with Gasteiger partial charge < -0.3 is 25.4 Å². The van der Waals surface area contributed by atoms with E-state index in [1.807, 2.05) is 42.6 Å². The number of fused-ring (bicyclic) bond motifs is 1. The summed E-state index contributed by atoms with van der Waals surface area (Å²) in [5, 5.41) is 35.3. The Labute approximate surface area is 214 Å². The van der Waals surface area contributed by atoms with Crippen molar-refractivity contribution >= 4 is 51.7 Å². The van der Waals surface area contributed by atoms with Gasteiger partial charge in [-0.3, -0.25) is 4.57 Å². The van der Waals surface area contributed by atoms with Gasteiger partial charge in [0.1, 0.15) is 18.3 Å². The molecule has 1 aliphatic rings. The molecule has 4 N–H and O–H groups in total. The molecule has 0 amide bonds. The quantitative estimate of drug-likeness (QED) is 0.197. The molecule has 10 nitrogen and oxygen atoms in total.